The molecule has 12 nitrogen and oxygen atoms in total. The van der Waals surface area contributed by atoms with Gasteiger partial charge in [-0.2, -0.15) is 0 Å². The van der Waals surface area contributed by atoms with Crippen molar-refractivity contribution in [3.63, 3.8) is 0 Å². The Morgan fingerprint density at radius 2 is 1.12 bits per heavy atom. The van der Waals surface area contributed by atoms with Crippen LogP contribution < -0.4 is 14.2 Å². The molecular weight excluding hydrogens is 815 g/mol. The third-order valence-corrected chi connectivity index (χ3v) is 7.73. The minimum atomic E-state index is -0.490. The summed E-state index contributed by atoms with van der Waals surface area (Å²) < 4.78 is 31.9. The average molecular weight is 884 g/mol. The fourth-order valence-corrected chi connectivity index (χ4v) is 4.46. The summed E-state index contributed by atoms with van der Waals surface area (Å²) in [5.41, 5.74) is 3.24. The van der Waals surface area contributed by atoms with Crippen LogP contribution in [-0.2, 0) is 38.2 Å². The van der Waals surface area contributed by atoms with E-state index in [1.54, 1.807) is 30.7 Å². The third kappa shape index (κ3) is 32.9. The zero-order valence-corrected chi connectivity index (χ0v) is 38.7. The van der Waals surface area contributed by atoms with Crippen molar-refractivity contribution < 1.29 is 52.4 Å². The topological polar surface area (TPSA) is 153 Å². The van der Waals surface area contributed by atoms with Gasteiger partial charge in [0, 0.05) is 24.4 Å². The second-order valence-corrected chi connectivity index (χ2v) is 12.8. The van der Waals surface area contributed by atoms with Gasteiger partial charge in [0.1, 0.15) is 24.0 Å². The Morgan fingerprint density at radius 1 is 0.641 bits per heavy atom. The molecule has 0 bridgehead atoms. The number of ether oxygens (including phenoxy) is 6. The second-order valence-electron chi connectivity index (χ2n) is 12.8. The molecule has 0 saturated heterocycles. The van der Waals surface area contributed by atoms with Crippen LogP contribution in [0.15, 0.2) is 128 Å². The minimum Gasteiger partial charge on any atom is -0.502 e. The molecule has 0 atom stereocenters. The van der Waals surface area contributed by atoms with Gasteiger partial charge in [0.25, 0.3) is 0 Å². The number of carbonyl (C=O) groups excluding carboxylic acids is 5. The number of esters is 3. The molecule has 3 aromatic rings. The molecule has 64 heavy (non-hydrogen) atoms. The number of rotatable bonds is 25. The van der Waals surface area contributed by atoms with Crippen molar-refractivity contribution in [3.05, 3.63) is 140 Å². The van der Waals surface area contributed by atoms with Crippen LogP contribution in [0.25, 0.3) is 6.08 Å². The fourth-order valence-electron chi connectivity index (χ4n) is 4.46. The van der Waals surface area contributed by atoms with Crippen LogP contribution in [-0.4, -0.2) is 69.7 Å². The van der Waals surface area contributed by atoms with Crippen molar-refractivity contribution in [1.82, 2.24) is 0 Å². The lowest BCUT2D eigenvalue weighted by Crippen LogP contribution is -2.05. The molecule has 0 N–H and O–H groups in total. The molecule has 0 aliphatic rings. The molecule has 0 heterocycles. The molecule has 12 heteroatoms. The Kier molecular flexibility index (Phi) is 38.5. The van der Waals surface area contributed by atoms with Crippen molar-refractivity contribution in [1.29, 1.82) is 0 Å². The summed E-state index contributed by atoms with van der Waals surface area (Å²) in [5, 5.41) is 0. The predicted molar refractivity (Wildman–Crippen MR) is 257 cm³/mol. The number of hydrogen-bond acceptors (Lipinski definition) is 12. The average Bonchev–Trinajstić information content (AvgIpc) is 3.32. The number of benzene rings is 3. The molecule has 0 aliphatic heterocycles. The van der Waals surface area contributed by atoms with Crippen molar-refractivity contribution in [2.45, 2.75) is 86.5 Å². The van der Waals surface area contributed by atoms with E-state index in [1.807, 2.05) is 95.2 Å². The molecule has 0 spiro atoms. The summed E-state index contributed by atoms with van der Waals surface area (Å²) in [6.45, 7) is 26.0. The maximum Gasteiger partial charge on any atom is 0.336 e. The van der Waals surface area contributed by atoms with E-state index in [4.69, 9.17) is 33.2 Å². The molecular formula is C52H69NO11. The number of aliphatic imine (C=N–C) groups is 1. The Bertz CT molecular complexity index is 1850. The van der Waals surface area contributed by atoms with Gasteiger partial charge in [0.05, 0.1) is 45.0 Å². The summed E-state index contributed by atoms with van der Waals surface area (Å²) in [5.74, 6) is 0.597. The van der Waals surface area contributed by atoms with Gasteiger partial charge in [-0.3, -0.25) is 9.79 Å². The molecule has 3 rings (SSSR count). The monoisotopic (exact) mass is 883 g/mol. The summed E-state index contributed by atoms with van der Waals surface area (Å²) >= 11 is 0. The maximum absolute atomic E-state index is 12.4. The Labute approximate surface area is 381 Å². The molecule has 0 aliphatic carbocycles. The highest BCUT2D eigenvalue weighted by Gasteiger charge is 2.06. The highest BCUT2D eigenvalue weighted by atomic mass is 16.5. The Morgan fingerprint density at radius 3 is 1.58 bits per heavy atom. The van der Waals surface area contributed by atoms with Crippen LogP contribution in [0.1, 0.15) is 96.3 Å². The fraction of sp³-hybridized carbons (Fsp3) is 0.346. The molecule has 348 valence electrons. The van der Waals surface area contributed by atoms with Crippen molar-refractivity contribution in [2.24, 2.45) is 4.99 Å². The second kappa shape index (κ2) is 41.5. The first kappa shape index (κ1) is 59.3. The molecule has 0 unspecified atom stereocenters. The van der Waals surface area contributed by atoms with E-state index in [0.717, 1.165) is 59.7 Å². The van der Waals surface area contributed by atoms with Crippen molar-refractivity contribution in [3.8, 4) is 17.2 Å². The molecule has 3 aromatic carbocycles. The molecule has 0 aromatic heterocycles. The normalized spacial score (nSPS) is 9.91. The summed E-state index contributed by atoms with van der Waals surface area (Å²) in [6, 6.07) is 20.3. The number of carbonyl (C=O) groups is 5. The number of aryl methyl sites for hydroxylation is 1. The van der Waals surface area contributed by atoms with E-state index in [0.29, 0.717) is 50.8 Å². The van der Waals surface area contributed by atoms with Gasteiger partial charge in [0.2, 0.25) is 0 Å². The number of unbranched alkanes of at least 4 members (excludes halogenated alkanes) is 4. The van der Waals surface area contributed by atoms with Crippen molar-refractivity contribution >= 4 is 48.5 Å². The first-order valence-corrected chi connectivity index (χ1v) is 21.3. The highest BCUT2D eigenvalue weighted by molar-refractivity contribution is 5.89. The van der Waals surface area contributed by atoms with E-state index in [-0.39, 0.29) is 5.78 Å². The van der Waals surface area contributed by atoms with Gasteiger partial charge < -0.3 is 33.2 Å². The number of ketones is 1. The van der Waals surface area contributed by atoms with Crippen LogP contribution in [0.3, 0.4) is 0 Å². The van der Waals surface area contributed by atoms with Crippen LogP contribution in [0.4, 0.5) is 5.69 Å². The zero-order valence-electron chi connectivity index (χ0n) is 38.7. The Hall–Kier alpha value is -6.82. The zero-order chi connectivity index (χ0) is 48.2. The van der Waals surface area contributed by atoms with Gasteiger partial charge in [-0.1, -0.05) is 71.6 Å². The minimum absolute atomic E-state index is 0.0185. The first-order valence-electron chi connectivity index (χ1n) is 21.3. The van der Waals surface area contributed by atoms with E-state index in [9.17, 15) is 19.2 Å². The Balaban J connectivity index is 0. The maximum atomic E-state index is 12.4. The molecule has 0 radical (unpaired) electrons. The van der Waals surface area contributed by atoms with Gasteiger partial charge in [-0.25, -0.2) is 14.4 Å². The lowest BCUT2D eigenvalue weighted by molar-refractivity contribution is -0.138. The van der Waals surface area contributed by atoms with Gasteiger partial charge in [-0.05, 0) is 136 Å². The SMILES string of the molecule is C/C=C/OCCCCC.C=CC(=O)OCCCCOc1ccc(C=Nc2ccc(OC(=O)/C=C/c3ccc(OCCCCOC(=O)C=C)cc3)c(C)c2)cc1.C=CC(C)=O.C=O.CC. The summed E-state index contributed by atoms with van der Waals surface area (Å²) in [6.07, 6.45) is 18.7. The summed E-state index contributed by atoms with van der Waals surface area (Å²) in [7, 11) is 0. The molecule has 0 fully saturated rings. The van der Waals surface area contributed by atoms with Crippen molar-refractivity contribution in [2.75, 3.05) is 33.0 Å². The number of hydrogen-bond donors (Lipinski definition) is 0. The van der Waals surface area contributed by atoms with E-state index < -0.39 is 17.9 Å². The standard InChI is InChI=1S/C37H39NO8.C8H16O.C4H6O.C2H6.CH2O/c1-4-35(39)44-24-8-6-22-42-32-16-10-29(11-17-32)14-21-37(41)46-34-20-15-31(26-28(34)3)38-27-30-12-18-33(19-13-30)43-23-7-9-25-45-36(40)5-2;1-3-5-6-8-9-7-4-2;1-3-4(2)5;2*1-2/h4-5,10-21,26-27H,1-2,6-9,22-25H2,3H3;4,7H,3,5-6,8H2,1-2H3;3H,1H2,2H3;1-2H3;1H2/b21-14+,38-27?;7-4+;;;. The third-order valence-electron chi connectivity index (χ3n) is 7.73. The van der Waals surface area contributed by atoms with Crippen LogP contribution in [0, 0.1) is 6.92 Å². The van der Waals surface area contributed by atoms with Crippen LogP contribution >= 0.6 is 0 Å². The molecule has 0 saturated carbocycles. The quantitative estimate of drug-likeness (QED) is 0.0199. The highest BCUT2D eigenvalue weighted by Crippen LogP contribution is 2.24. The van der Waals surface area contributed by atoms with E-state index in [1.165, 1.54) is 38.3 Å². The van der Waals surface area contributed by atoms with Gasteiger partial charge in [0.15, 0.2) is 5.78 Å². The van der Waals surface area contributed by atoms with Gasteiger partial charge in [-0.15, -0.1) is 0 Å². The van der Waals surface area contributed by atoms with E-state index in [2.05, 4.69) is 31.7 Å². The number of nitrogens with zero attached hydrogens (tertiary/aromatic N) is 1. The van der Waals surface area contributed by atoms with E-state index >= 15 is 0 Å². The predicted octanol–water partition coefficient (Wildman–Crippen LogP) is 11.5. The summed E-state index contributed by atoms with van der Waals surface area (Å²) in [4.78, 5) is 56.7. The van der Waals surface area contributed by atoms with Gasteiger partial charge >= 0.3 is 17.9 Å². The van der Waals surface area contributed by atoms with Crippen LogP contribution in [0.5, 0.6) is 17.2 Å². The van der Waals surface area contributed by atoms with Crippen LogP contribution in [0.2, 0.25) is 0 Å². The number of allylic oxidation sites excluding steroid dienone is 2. The molecule has 0 amide bonds. The lowest BCUT2D eigenvalue weighted by Gasteiger charge is -2.07. The lowest BCUT2D eigenvalue weighted by atomic mass is 10.2. The largest absolute Gasteiger partial charge is 0.502 e. The first-order chi connectivity index (χ1) is 31.0. The smallest absolute Gasteiger partial charge is 0.336 e.